The third-order valence-electron chi connectivity index (χ3n) is 3.83. The number of carbonyl (C=O) groups is 1. The van der Waals surface area contributed by atoms with Gasteiger partial charge in [0, 0.05) is 12.6 Å². The second kappa shape index (κ2) is 7.81. The Bertz CT molecular complexity index is 696. The molecule has 9 heteroatoms. The van der Waals surface area contributed by atoms with Gasteiger partial charge in [0.15, 0.2) is 0 Å². The largest absolute Gasteiger partial charge is 0.351 e. The number of sulfonamides is 1. The van der Waals surface area contributed by atoms with Crippen LogP contribution in [0.2, 0.25) is 0 Å². The molecule has 1 amide bonds. The zero-order chi connectivity index (χ0) is 17.9. The monoisotopic (exact) mass is 418 g/mol. The highest BCUT2D eigenvalue weighted by Crippen LogP contribution is 2.22. The van der Waals surface area contributed by atoms with Crippen LogP contribution in [-0.2, 0) is 21.4 Å². The lowest BCUT2D eigenvalue weighted by atomic mass is 9.99. The van der Waals surface area contributed by atoms with Crippen LogP contribution in [0.15, 0.2) is 24.3 Å². The fourth-order valence-electron chi connectivity index (χ4n) is 2.56. The van der Waals surface area contributed by atoms with Crippen LogP contribution in [0.4, 0.5) is 5.69 Å². The highest BCUT2D eigenvalue weighted by atomic mass is 79.9. The van der Waals surface area contributed by atoms with Crippen LogP contribution in [0.3, 0.4) is 0 Å². The molecular formula is C15H23BrN4O3S. The van der Waals surface area contributed by atoms with Gasteiger partial charge in [0.25, 0.3) is 0 Å². The summed E-state index contributed by atoms with van der Waals surface area (Å²) in [7, 11) is -3.37. The van der Waals surface area contributed by atoms with E-state index in [-0.39, 0.29) is 23.3 Å². The quantitative estimate of drug-likeness (QED) is 0.515. The van der Waals surface area contributed by atoms with Gasteiger partial charge in [-0.15, -0.1) is 0 Å². The maximum atomic E-state index is 12.4. The third-order valence-corrected chi connectivity index (χ3v) is 5.52. The summed E-state index contributed by atoms with van der Waals surface area (Å²) in [5.41, 5.74) is 7.30. The Morgan fingerprint density at radius 2 is 1.96 bits per heavy atom. The minimum atomic E-state index is -3.37. The molecule has 1 aliphatic heterocycles. The molecule has 1 aromatic carbocycles. The second-order valence-corrected chi connectivity index (χ2v) is 9.04. The van der Waals surface area contributed by atoms with Crippen LogP contribution in [0.25, 0.3) is 0 Å². The zero-order valence-corrected chi connectivity index (χ0v) is 16.2. The Morgan fingerprint density at radius 1 is 1.29 bits per heavy atom. The molecule has 2 rings (SSSR count). The Morgan fingerprint density at radius 3 is 2.54 bits per heavy atom. The van der Waals surface area contributed by atoms with Crippen LogP contribution >= 0.6 is 15.9 Å². The van der Waals surface area contributed by atoms with Gasteiger partial charge in [0.2, 0.25) is 15.9 Å². The molecule has 0 aromatic heterocycles. The van der Waals surface area contributed by atoms with E-state index in [4.69, 9.17) is 0 Å². The maximum Gasteiger partial charge on any atom is 0.239 e. The molecule has 134 valence electrons. The van der Waals surface area contributed by atoms with Crippen molar-refractivity contribution in [1.29, 1.82) is 0 Å². The van der Waals surface area contributed by atoms with Gasteiger partial charge in [0.05, 0.1) is 16.8 Å². The average Bonchev–Trinajstić information content (AvgIpc) is 2.86. The fourth-order valence-corrected chi connectivity index (χ4v) is 4.28. The van der Waals surface area contributed by atoms with Crippen molar-refractivity contribution < 1.29 is 13.2 Å². The van der Waals surface area contributed by atoms with Crippen molar-refractivity contribution in [2.45, 2.75) is 37.3 Å². The van der Waals surface area contributed by atoms with Crippen molar-refractivity contribution in [3.05, 3.63) is 29.8 Å². The minimum Gasteiger partial charge on any atom is -0.351 e. The van der Waals surface area contributed by atoms with Crippen LogP contribution < -0.4 is 20.9 Å². The first-order valence-corrected chi connectivity index (χ1v) is 10.5. The molecule has 1 aromatic rings. The Hall–Kier alpha value is -1.16. The normalized spacial score (nSPS) is 24.1. The molecule has 1 heterocycles. The molecule has 4 N–H and O–H groups in total. The number of halogens is 1. The Labute approximate surface area is 151 Å². The lowest BCUT2D eigenvalue weighted by molar-refractivity contribution is -0.122. The maximum absolute atomic E-state index is 12.4. The van der Waals surface area contributed by atoms with E-state index in [2.05, 4.69) is 50.7 Å². The SMILES string of the molecule is CC(C)C1NNC(C(=O)NCc2ccccc2NS(C)(=O)=O)C1Br. The number of benzene rings is 1. The summed E-state index contributed by atoms with van der Waals surface area (Å²) in [6.45, 7) is 4.41. The summed E-state index contributed by atoms with van der Waals surface area (Å²) >= 11 is 3.58. The van der Waals surface area contributed by atoms with Gasteiger partial charge in [-0.3, -0.25) is 14.9 Å². The smallest absolute Gasteiger partial charge is 0.239 e. The molecule has 0 spiro atoms. The van der Waals surface area contributed by atoms with Crippen molar-refractivity contribution >= 4 is 37.5 Å². The van der Waals surface area contributed by atoms with Crippen molar-refractivity contribution in [2.75, 3.05) is 11.0 Å². The standard InChI is InChI=1S/C15H23BrN4O3S/c1-9(2)13-12(16)14(19-18-13)15(21)17-8-10-6-4-5-7-11(10)20-24(3,22)23/h4-7,9,12-14,18-20H,8H2,1-3H3,(H,17,21). The molecule has 0 aliphatic carbocycles. The van der Waals surface area contributed by atoms with Crippen molar-refractivity contribution in [3.63, 3.8) is 0 Å². The van der Waals surface area contributed by atoms with E-state index in [1.807, 2.05) is 0 Å². The van der Waals surface area contributed by atoms with Gasteiger partial charge in [-0.1, -0.05) is 48.0 Å². The number of nitrogens with one attached hydrogen (secondary N) is 4. The Kier molecular flexibility index (Phi) is 6.24. The highest BCUT2D eigenvalue weighted by Gasteiger charge is 2.39. The highest BCUT2D eigenvalue weighted by molar-refractivity contribution is 9.09. The van der Waals surface area contributed by atoms with Gasteiger partial charge in [-0.2, -0.15) is 0 Å². The Balaban J connectivity index is 2.00. The van der Waals surface area contributed by atoms with Gasteiger partial charge >= 0.3 is 0 Å². The number of anilines is 1. The van der Waals surface area contributed by atoms with Crippen molar-refractivity contribution in [1.82, 2.24) is 16.2 Å². The van der Waals surface area contributed by atoms with E-state index < -0.39 is 16.1 Å². The first-order chi connectivity index (χ1) is 11.2. The van der Waals surface area contributed by atoms with Gasteiger partial charge < -0.3 is 5.32 Å². The molecular weight excluding hydrogens is 396 g/mol. The fraction of sp³-hybridized carbons (Fsp3) is 0.533. The van der Waals surface area contributed by atoms with E-state index >= 15 is 0 Å². The van der Waals surface area contributed by atoms with E-state index in [0.29, 0.717) is 17.2 Å². The number of alkyl halides is 1. The first kappa shape index (κ1) is 19.2. The molecule has 0 radical (unpaired) electrons. The number of hydrazine groups is 1. The molecule has 1 saturated heterocycles. The summed E-state index contributed by atoms with van der Waals surface area (Å²) in [5, 5.41) is 2.85. The van der Waals surface area contributed by atoms with Gasteiger partial charge in [-0.25, -0.2) is 13.8 Å². The summed E-state index contributed by atoms with van der Waals surface area (Å²) in [5.74, 6) is 0.223. The predicted molar refractivity (Wildman–Crippen MR) is 98.2 cm³/mol. The zero-order valence-electron chi connectivity index (χ0n) is 13.8. The molecule has 0 saturated carbocycles. The van der Waals surface area contributed by atoms with Crippen molar-refractivity contribution in [3.8, 4) is 0 Å². The summed E-state index contributed by atoms with van der Waals surface area (Å²) in [6, 6.07) is 6.74. The van der Waals surface area contributed by atoms with Gasteiger partial charge in [0.1, 0.15) is 6.04 Å². The number of hydrogen-bond donors (Lipinski definition) is 4. The van der Waals surface area contributed by atoms with E-state index in [0.717, 1.165) is 6.26 Å². The van der Waals surface area contributed by atoms with E-state index in [1.54, 1.807) is 24.3 Å². The van der Waals surface area contributed by atoms with Crippen LogP contribution in [-0.4, -0.2) is 37.5 Å². The number of carbonyl (C=O) groups excluding carboxylic acids is 1. The van der Waals surface area contributed by atoms with Crippen LogP contribution in [0, 0.1) is 5.92 Å². The second-order valence-electron chi connectivity index (χ2n) is 6.23. The average molecular weight is 419 g/mol. The molecule has 7 nitrogen and oxygen atoms in total. The van der Waals surface area contributed by atoms with Gasteiger partial charge in [-0.05, 0) is 17.5 Å². The molecule has 3 atom stereocenters. The molecule has 1 fully saturated rings. The third kappa shape index (κ3) is 4.92. The summed E-state index contributed by atoms with van der Waals surface area (Å²) in [6.07, 6.45) is 1.10. The number of amides is 1. The number of para-hydroxylation sites is 1. The minimum absolute atomic E-state index is 0.0260. The first-order valence-electron chi connectivity index (χ1n) is 7.67. The number of hydrogen-bond acceptors (Lipinski definition) is 5. The molecule has 0 bridgehead atoms. The molecule has 1 aliphatic rings. The number of rotatable bonds is 6. The topological polar surface area (TPSA) is 99.3 Å². The van der Waals surface area contributed by atoms with E-state index in [9.17, 15) is 13.2 Å². The summed E-state index contributed by atoms with van der Waals surface area (Å²) < 4.78 is 25.3. The van der Waals surface area contributed by atoms with Crippen LogP contribution in [0.1, 0.15) is 19.4 Å². The molecule has 24 heavy (non-hydrogen) atoms. The van der Waals surface area contributed by atoms with E-state index in [1.165, 1.54) is 0 Å². The lowest BCUT2D eigenvalue weighted by Gasteiger charge is -2.19. The van der Waals surface area contributed by atoms with Crippen molar-refractivity contribution in [2.24, 2.45) is 5.92 Å². The molecule has 3 unspecified atom stereocenters. The summed E-state index contributed by atoms with van der Waals surface area (Å²) in [4.78, 5) is 12.4. The lowest BCUT2D eigenvalue weighted by Crippen LogP contribution is -2.45. The van der Waals surface area contributed by atoms with Crippen LogP contribution in [0.5, 0.6) is 0 Å². The predicted octanol–water partition coefficient (Wildman–Crippen LogP) is 0.939.